The zero-order valence-electron chi connectivity index (χ0n) is 13.3. The zero-order valence-corrected chi connectivity index (χ0v) is 14.2. The lowest BCUT2D eigenvalue weighted by Gasteiger charge is -2.34. The third kappa shape index (κ3) is 4.20. The van der Waals surface area contributed by atoms with Gasteiger partial charge in [-0.3, -0.25) is 9.89 Å². The molecular formula is C15H27ClN4O. The monoisotopic (exact) mass is 314 g/mol. The molecule has 0 radical (unpaired) electrons. The first kappa shape index (κ1) is 18.0. The number of rotatable bonds is 2. The molecule has 0 aromatic carbocycles. The van der Waals surface area contributed by atoms with Gasteiger partial charge in [0.25, 0.3) is 5.91 Å². The van der Waals surface area contributed by atoms with E-state index >= 15 is 0 Å². The molecule has 0 saturated carbocycles. The Hall–Kier alpha value is -1.07. The Labute approximate surface area is 133 Å². The fraction of sp³-hybridized carbons (Fsp3) is 0.733. The van der Waals surface area contributed by atoms with Crippen molar-refractivity contribution in [2.75, 3.05) is 13.1 Å². The minimum Gasteiger partial charge on any atom is -0.337 e. The van der Waals surface area contributed by atoms with Gasteiger partial charge in [-0.25, -0.2) is 0 Å². The van der Waals surface area contributed by atoms with Crippen LogP contribution >= 0.6 is 12.4 Å². The largest absolute Gasteiger partial charge is 0.337 e. The zero-order chi connectivity index (χ0) is 14.9. The molecule has 2 atom stereocenters. The lowest BCUT2D eigenvalue weighted by Crippen LogP contribution is -2.45. The van der Waals surface area contributed by atoms with Gasteiger partial charge in [0.15, 0.2) is 0 Å². The predicted octanol–water partition coefficient (Wildman–Crippen LogP) is 2.33. The van der Waals surface area contributed by atoms with Crippen LogP contribution < -0.4 is 5.73 Å². The van der Waals surface area contributed by atoms with E-state index in [0.29, 0.717) is 11.6 Å². The second-order valence-corrected chi connectivity index (χ2v) is 6.93. The van der Waals surface area contributed by atoms with E-state index in [1.54, 1.807) is 0 Å². The van der Waals surface area contributed by atoms with E-state index in [2.05, 4.69) is 31.0 Å². The summed E-state index contributed by atoms with van der Waals surface area (Å²) in [4.78, 5) is 14.4. The second kappa shape index (κ2) is 6.79. The summed E-state index contributed by atoms with van der Waals surface area (Å²) in [5.41, 5.74) is 7.45. The van der Waals surface area contributed by atoms with Gasteiger partial charge in [0.05, 0.1) is 0 Å². The van der Waals surface area contributed by atoms with Crippen LogP contribution in [0.4, 0.5) is 0 Å². The van der Waals surface area contributed by atoms with Crippen LogP contribution in [0.1, 0.15) is 56.7 Å². The van der Waals surface area contributed by atoms with Crippen LogP contribution in [0.25, 0.3) is 0 Å². The van der Waals surface area contributed by atoms with Gasteiger partial charge in [-0.1, -0.05) is 20.8 Å². The molecule has 1 amide bonds. The molecule has 1 aromatic rings. The number of nitrogens with zero attached hydrogens (tertiary/aromatic N) is 2. The Balaban J connectivity index is 0.00000220. The van der Waals surface area contributed by atoms with Gasteiger partial charge >= 0.3 is 0 Å². The number of aromatic nitrogens is 2. The minimum atomic E-state index is -0.0261. The molecule has 1 fully saturated rings. The van der Waals surface area contributed by atoms with Crippen molar-refractivity contribution in [3.8, 4) is 0 Å². The van der Waals surface area contributed by atoms with Gasteiger partial charge in [-0.05, 0) is 31.7 Å². The Kier molecular flexibility index (Phi) is 5.82. The van der Waals surface area contributed by atoms with Gasteiger partial charge in [0.2, 0.25) is 0 Å². The Morgan fingerprint density at radius 3 is 2.71 bits per heavy atom. The number of likely N-dealkylation sites (tertiary alicyclic amines) is 1. The maximum absolute atomic E-state index is 12.5. The van der Waals surface area contributed by atoms with Crippen molar-refractivity contribution < 1.29 is 4.79 Å². The quantitative estimate of drug-likeness (QED) is 0.879. The van der Waals surface area contributed by atoms with Gasteiger partial charge < -0.3 is 10.6 Å². The average Bonchev–Trinajstić information content (AvgIpc) is 2.87. The number of carbonyl (C=O) groups is 1. The van der Waals surface area contributed by atoms with Crippen molar-refractivity contribution in [1.29, 1.82) is 0 Å². The molecule has 3 N–H and O–H groups in total. The smallest absolute Gasteiger partial charge is 0.274 e. The van der Waals surface area contributed by atoms with Crippen LogP contribution in [0, 0.1) is 5.92 Å². The topological polar surface area (TPSA) is 75.0 Å². The van der Waals surface area contributed by atoms with Crippen LogP contribution in [0.2, 0.25) is 0 Å². The van der Waals surface area contributed by atoms with Crippen LogP contribution in [0.15, 0.2) is 6.07 Å². The second-order valence-electron chi connectivity index (χ2n) is 6.93. The molecule has 0 spiro atoms. The summed E-state index contributed by atoms with van der Waals surface area (Å²) >= 11 is 0. The van der Waals surface area contributed by atoms with Crippen molar-refractivity contribution in [3.63, 3.8) is 0 Å². The van der Waals surface area contributed by atoms with Crippen LogP contribution in [0.3, 0.4) is 0 Å². The molecule has 1 aromatic heterocycles. The number of nitrogens with one attached hydrogen (secondary N) is 1. The molecule has 1 aliphatic heterocycles. The van der Waals surface area contributed by atoms with E-state index in [1.165, 1.54) is 0 Å². The Bertz CT molecular complexity index is 478. The van der Waals surface area contributed by atoms with E-state index in [-0.39, 0.29) is 29.8 Å². The van der Waals surface area contributed by atoms with Gasteiger partial charge in [-0.2, -0.15) is 5.10 Å². The Morgan fingerprint density at radius 1 is 1.52 bits per heavy atom. The fourth-order valence-electron chi connectivity index (χ4n) is 2.60. The number of hydrogen-bond donors (Lipinski definition) is 2. The molecule has 5 nitrogen and oxygen atoms in total. The molecule has 2 rings (SSSR count). The number of piperidine rings is 1. The summed E-state index contributed by atoms with van der Waals surface area (Å²) in [5.74, 6) is 0.413. The first-order chi connectivity index (χ1) is 9.29. The SMILES string of the molecule is CC(N)C1CCCN(C(=O)c2cc(C(C)(C)C)[nH]n2)C1.Cl. The highest BCUT2D eigenvalue weighted by molar-refractivity contribution is 5.92. The van der Waals surface area contributed by atoms with E-state index in [0.717, 1.165) is 31.6 Å². The molecular weight excluding hydrogens is 288 g/mol. The number of carbonyl (C=O) groups excluding carboxylic acids is 1. The summed E-state index contributed by atoms with van der Waals surface area (Å²) in [5, 5.41) is 7.16. The molecule has 0 aliphatic carbocycles. The first-order valence-corrected chi connectivity index (χ1v) is 7.40. The van der Waals surface area contributed by atoms with Crippen molar-refractivity contribution in [2.45, 2.75) is 52.0 Å². The molecule has 1 saturated heterocycles. The third-order valence-electron chi connectivity index (χ3n) is 4.09. The summed E-state index contributed by atoms with van der Waals surface area (Å²) < 4.78 is 0. The van der Waals surface area contributed by atoms with Crippen molar-refractivity contribution in [1.82, 2.24) is 15.1 Å². The molecule has 21 heavy (non-hydrogen) atoms. The number of halogens is 1. The van der Waals surface area contributed by atoms with Crippen molar-refractivity contribution in [3.05, 3.63) is 17.5 Å². The number of hydrogen-bond acceptors (Lipinski definition) is 3. The molecule has 2 heterocycles. The molecule has 6 heteroatoms. The first-order valence-electron chi connectivity index (χ1n) is 7.40. The van der Waals surface area contributed by atoms with E-state index < -0.39 is 0 Å². The highest BCUT2D eigenvalue weighted by Gasteiger charge is 2.28. The lowest BCUT2D eigenvalue weighted by atomic mass is 9.91. The number of aromatic amines is 1. The molecule has 0 bridgehead atoms. The minimum absolute atomic E-state index is 0. The van der Waals surface area contributed by atoms with Gasteiger partial charge in [-0.15, -0.1) is 12.4 Å². The third-order valence-corrected chi connectivity index (χ3v) is 4.09. The highest BCUT2D eigenvalue weighted by atomic mass is 35.5. The van der Waals surface area contributed by atoms with Crippen molar-refractivity contribution in [2.24, 2.45) is 11.7 Å². The van der Waals surface area contributed by atoms with Crippen LogP contribution in [0.5, 0.6) is 0 Å². The summed E-state index contributed by atoms with van der Waals surface area (Å²) in [6, 6.07) is 2.01. The summed E-state index contributed by atoms with van der Waals surface area (Å²) in [6.45, 7) is 9.87. The van der Waals surface area contributed by atoms with Crippen molar-refractivity contribution >= 4 is 18.3 Å². The van der Waals surface area contributed by atoms with E-state index in [9.17, 15) is 4.79 Å². The fourth-order valence-corrected chi connectivity index (χ4v) is 2.60. The number of H-pyrrole nitrogens is 1. The lowest BCUT2D eigenvalue weighted by molar-refractivity contribution is 0.0655. The predicted molar refractivity (Wildman–Crippen MR) is 86.8 cm³/mol. The molecule has 120 valence electrons. The normalized spacial score (nSPS) is 20.8. The highest BCUT2D eigenvalue weighted by Crippen LogP contribution is 2.23. The maximum Gasteiger partial charge on any atom is 0.274 e. The van der Waals surface area contributed by atoms with E-state index in [4.69, 9.17) is 5.73 Å². The number of amides is 1. The maximum atomic E-state index is 12.5. The number of nitrogens with two attached hydrogens (primary N) is 1. The van der Waals surface area contributed by atoms with Gasteiger partial charge in [0, 0.05) is 30.2 Å². The van der Waals surface area contributed by atoms with Gasteiger partial charge in [0.1, 0.15) is 5.69 Å². The molecule has 2 unspecified atom stereocenters. The van der Waals surface area contributed by atoms with Crippen LogP contribution in [-0.2, 0) is 5.41 Å². The van der Waals surface area contributed by atoms with E-state index in [1.807, 2.05) is 17.9 Å². The summed E-state index contributed by atoms with van der Waals surface area (Å²) in [6.07, 6.45) is 2.13. The average molecular weight is 315 g/mol. The summed E-state index contributed by atoms with van der Waals surface area (Å²) in [7, 11) is 0. The van der Waals surface area contributed by atoms with Crippen LogP contribution in [-0.4, -0.2) is 40.1 Å². The standard InChI is InChI=1S/C15H26N4O.ClH/c1-10(16)11-6-5-7-19(9-11)14(20)12-8-13(18-17-12)15(2,3)4;/h8,10-11H,5-7,9,16H2,1-4H3,(H,17,18);1H. The Morgan fingerprint density at radius 2 is 2.19 bits per heavy atom. The molecule has 1 aliphatic rings.